The molecule has 0 amide bonds. The topological polar surface area (TPSA) is 49.8 Å². The maximum absolute atomic E-state index is 8.21. The van der Waals surface area contributed by atoms with E-state index >= 15 is 0 Å². The molecule has 0 aliphatic heterocycles. The third-order valence-corrected chi connectivity index (χ3v) is 1.28. The highest BCUT2D eigenvalue weighted by molar-refractivity contribution is 4.77. The Morgan fingerprint density at radius 1 is 1.67 bits per heavy atom. The minimum Gasteiger partial charge on any atom is -0.327 e. The van der Waals surface area contributed by atoms with Crippen LogP contribution >= 0.6 is 0 Å². The Labute approximate surface area is 56.7 Å². The fourth-order valence-corrected chi connectivity index (χ4v) is 0.686. The van der Waals surface area contributed by atoms with Crippen molar-refractivity contribution >= 4 is 0 Å². The van der Waals surface area contributed by atoms with Crippen molar-refractivity contribution in [2.75, 3.05) is 0 Å². The van der Waals surface area contributed by atoms with Gasteiger partial charge in [0.2, 0.25) is 0 Å². The molecule has 0 spiro atoms. The van der Waals surface area contributed by atoms with E-state index in [0.717, 1.165) is 12.8 Å². The molecular formula is C7H14N2. The second-order valence-electron chi connectivity index (χ2n) is 2.26. The van der Waals surface area contributed by atoms with E-state index in [2.05, 4.69) is 13.0 Å². The number of hydrogen-bond donors (Lipinski definition) is 1. The first kappa shape index (κ1) is 8.45. The zero-order valence-electron chi connectivity index (χ0n) is 5.93. The predicted octanol–water partition coefficient (Wildman–Crippen LogP) is 1.42. The molecule has 2 nitrogen and oxygen atoms in total. The Balaban J connectivity index is 3.08. The number of nitrogens with zero attached hydrogens (tertiary/aromatic N) is 1. The first-order valence-electron chi connectivity index (χ1n) is 3.43. The van der Waals surface area contributed by atoms with Crippen molar-refractivity contribution < 1.29 is 0 Å². The molecule has 0 rings (SSSR count). The van der Waals surface area contributed by atoms with Gasteiger partial charge in [-0.25, -0.2) is 0 Å². The van der Waals surface area contributed by atoms with Gasteiger partial charge in [0, 0.05) is 6.04 Å². The van der Waals surface area contributed by atoms with Crippen molar-refractivity contribution in [1.29, 1.82) is 5.26 Å². The first-order chi connectivity index (χ1) is 4.31. The lowest BCUT2D eigenvalue weighted by molar-refractivity contribution is 0.586. The van der Waals surface area contributed by atoms with Crippen LogP contribution in [0.2, 0.25) is 0 Å². The molecule has 0 radical (unpaired) electrons. The standard InChI is InChI=1S/C7H14N2/c1-2-3-4-7(9)5-6-8/h7H,2-5,9H2,1H3. The minimum atomic E-state index is 0.106. The van der Waals surface area contributed by atoms with Gasteiger partial charge in [0.15, 0.2) is 0 Å². The smallest absolute Gasteiger partial charge is 0.0638 e. The van der Waals surface area contributed by atoms with Crippen molar-refractivity contribution in [1.82, 2.24) is 0 Å². The SMILES string of the molecule is CCCCC(N)CC#N. The third-order valence-electron chi connectivity index (χ3n) is 1.28. The maximum Gasteiger partial charge on any atom is 0.0638 e. The summed E-state index contributed by atoms with van der Waals surface area (Å²) in [6, 6.07) is 2.16. The summed E-state index contributed by atoms with van der Waals surface area (Å²) in [5, 5.41) is 8.21. The van der Waals surface area contributed by atoms with Crippen molar-refractivity contribution in [3.8, 4) is 6.07 Å². The van der Waals surface area contributed by atoms with Gasteiger partial charge < -0.3 is 5.73 Å². The summed E-state index contributed by atoms with van der Waals surface area (Å²) in [7, 11) is 0. The molecule has 0 fully saturated rings. The second-order valence-corrected chi connectivity index (χ2v) is 2.26. The van der Waals surface area contributed by atoms with Crippen molar-refractivity contribution in [3.63, 3.8) is 0 Å². The summed E-state index contributed by atoms with van der Waals surface area (Å²) >= 11 is 0. The van der Waals surface area contributed by atoms with Crippen LogP contribution in [0.15, 0.2) is 0 Å². The summed E-state index contributed by atoms with van der Waals surface area (Å²) in [6.45, 7) is 2.12. The molecule has 2 heteroatoms. The Bertz CT molecular complexity index is 93.6. The molecule has 0 aromatic heterocycles. The highest BCUT2D eigenvalue weighted by atomic mass is 14.6. The number of nitrogens with two attached hydrogens (primary N) is 1. The number of rotatable bonds is 4. The predicted molar refractivity (Wildman–Crippen MR) is 37.7 cm³/mol. The fraction of sp³-hybridized carbons (Fsp3) is 0.857. The number of unbranched alkanes of at least 4 members (excludes halogenated alkanes) is 1. The van der Waals surface area contributed by atoms with Gasteiger partial charge >= 0.3 is 0 Å². The van der Waals surface area contributed by atoms with E-state index in [0.29, 0.717) is 6.42 Å². The van der Waals surface area contributed by atoms with Crippen LogP contribution in [0.1, 0.15) is 32.6 Å². The molecule has 2 N–H and O–H groups in total. The van der Waals surface area contributed by atoms with Gasteiger partial charge in [0.1, 0.15) is 0 Å². The Kier molecular flexibility index (Phi) is 5.24. The number of nitriles is 1. The monoisotopic (exact) mass is 126 g/mol. The highest BCUT2D eigenvalue weighted by Crippen LogP contribution is 1.99. The zero-order chi connectivity index (χ0) is 7.11. The largest absolute Gasteiger partial charge is 0.327 e. The van der Waals surface area contributed by atoms with Crippen LogP contribution in [0.4, 0.5) is 0 Å². The lowest BCUT2D eigenvalue weighted by atomic mass is 10.1. The van der Waals surface area contributed by atoms with Crippen LogP contribution in [0.25, 0.3) is 0 Å². The Morgan fingerprint density at radius 2 is 2.33 bits per heavy atom. The van der Waals surface area contributed by atoms with Crippen LogP contribution in [-0.4, -0.2) is 6.04 Å². The van der Waals surface area contributed by atoms with Crippen LogP contribution in [0, 0.1) is 11.3 Å². The van der Waals surface area contributed by atoms with Crippen molar-refractivity contribution in [2.24, 2.45) is 5.73 Å². The Hall–Kier alpha value is -0.550. The van der Waals surface area contributed by atoms with E-state index in [-0.39, 0.29) is 6.04 Å². The van der Waals surface area contributed by atoms with Gasteiger partial charge in [0.05, 0.1) is 12.5 Å². The Morgan fingerprint density at radius 3 is 2.78 bits per heavy atom. The average molecular weight is 126 g/mol. The van der Waals surface area contributed by atoms with E-state index < -0.39 is 0 Å². The fourth-order valence-electron chi connectivity index (χ4n) is 0.686. The van der Waals surface area contributed by atoms with E-state index in [9.17, 15) is 0 Å². The molecule has 52 valence electrons. The van der Waals surface area contributed by atoms with Gasteiger partial charge in [-0.05, 0) is 6.42 Å². The third kappa shape index (κ3) is 5.32. The molecule has 1 unspecified atom stereocenters. The van der Waals surface area contributed by atoms with Crippen LogP contribution in [-0.2, 0) is 0 Å². The summed E-state index contributed by atoms with van der Waals surface area (Å²) in [4.78, 5) is 0. The summed E-state index contributed by atoms with van der Waals surface area (Å²) in [5.74, 6) is 0. The molecule has 0 saturated heterocycles. The van der Waals surface area contributed by atoms with E-state index in [1.807, 2.05) is 0 Å². The van der Waals surface area contributed by atoms with Crippen LogP contribution < -0.4 is 5.73 Å². The molecule has 0 bridgehead atoms. The number of hydrogen-bond acceptors (Lipinski definition) is 2. The van der Waals surface area contributed by atoms with Crippen LogP contribution in [0.5, 0.6) is 0 Å². The van der Waals surface area contributed by atoms with E-state index in [4.69, 9.17) is 11.0 Å². The molecule has 0 aliphatic rings. The summed E-state index contributed by atoms with van der Waals surface area (Å²) in [5.41, 5.74) is 5.55. The van der Waals surface area contributed by atoms with Crippen molar-refractivity contribution in [2.45, 2.75) is 38.6 Å². The lowest BCUT2D eigenvalue weighted by Gasteiger charge is -2.03. The molecule has 1 atom stereocenters. The molecule has 0 aromatic rings. The molecule has 0 aliphatic carbocycles. The molecule has 0 saturated carbocycles. The van der Waals surface area contributed by atoms with Gasteiger partial charge in [0.25, 0.3) is 0 Å². The first-order valence-corrected chi connectivity index (χ1v) is 3.43. The zero-order valence-corrected chi connectivity index (χ0v) is 5.93. The maximum atomic E-state index is 8.21. The van der Waals surface area contributed by atoms with Crippen LogP contribution in [0.3, 0.4) is 0 Å². The van der Waals surface area contributed by atoms with Crippen molar-refractivity contribution in [3.05, 3.63) is 0 Å². The summed E-state index contributed by atoms with van der Waals surface area (Å²) in [6.07, 6.45) is 3.80. The molecule has 0 aromatic carbocycles. The minimum absolute atomic E-state index is 0.106. The molecular weight excluding hydrogens is 112 g/mol. The van der Waals surface area contributed by atoms with Gasteiger partial charge in [-0.2, -0.15) is 5.26 Å². The van der Waals surface area contributed by atoms with Gasteiger partial charge in [-0.3, -0.25) is 0 Å². The quantitative estimate of drug-likeness (QED) is 0.619. The average Bonchev–Trinajstić information content (AvgIpc) is 1.85. The highest BCUT2D eigenvalue weighted by Gasteiger charge is 1.98. The van der Waals surface area contributed by atoms with E-state index in [1.54, 1.807) is 0 Å². The molecule has 0 heterocycles. The van der Waals surface area contributed by atoms with Gasteiger partial charge in [-0.15, -0.1) is 0 Å². The van der Waals surface area contributed by atoms with E-state index in [1.165, 1.54) is 6.42 Å². The normalized spacial score (nSPS) is 12.6. The lowest BCUT2D eigenvalue weighted by Crippen LogP contribution is -2.18. The summed E-state index contributed by atoms with van der Waals surface area (Å²) < 4.78 is 0. The molecule has 9 heavy (non-hydrogen) atoms. The van der Waals surface area contributed by atoms with Gasteiger partial charge in [-0.1, -0.05) is 19.8 Å². The second kappa shape index (κ2) is 5.58.